The summed E-state index contributed by atoms with van der Waals surface area (Å²) in [4.78, 5) is 15.2. The first-order valence-corrected chi connectivity index (χ1v) is 5.93. The van der Waals surface area contributed by atoms with Crippen LogP contribution in [0, 0.1) is 0 Å². The molecule has 0 spiro atoms. The van der Waals surface area contributed by atoms with E-state index < -0.39 is 5.97 Å². The Morgan fingerprint density at radius 3 is 2.42 bits per heavy atom. The number of benzene rings is 2. The molecule has 0 bridgehead atoms. The molecule has 1 aromatic heterocycles. The number of nitrogens with zero attached hydrogens (tertiary/aromatic N) is 1. The second kappa shape index (κ2) is 4.53. The van der Waals surface area contributed by atoms with Crippen molar-refractivity contribution in [2.75, 3.05) is 0 Å². The van der Waals surface area contributed by atoms with Crippen LogP contribution in [0.4, 0.5) is 0 Å². The number of carboxylic acids is 1. The molecule has 1 N–H and O–H groups in total. The summed E-state index contributed by atoms with van der Waals surface area (Å²) < 4.78 is 0. The summed E-state index contributed by atoms with van der Waals surface area (Å²) in [6.07, 6.45) is 1.77. The molecule has 1 heterocycles. The summed E-state index contributed by atoms with van der Waals surface area (Å²) in [5.41, 5.74) is 3.27. The highest BCUT2D eigenvalue weighted by Crippen LogP contribution is 2.27. The Morgan fingerprint density at radius 1 is 0.947 bits per heavy atom. The van der Waals surface area contributed by atoms with Gasteiger partial charge in [-0.2, -0.15) is 0 Å². The number of aromatic carboxylic acids is 1. The van der Waals surface area contributed by atoms with Gasteiger partial charge < -0.3 is 5.11 Å². The number of hydrogen-bond acceptors (Lipinski definition) is 2. The fraction of sp³-hybridized carbons (Fsp3) is 0. The third kappa shape index (κ3) is 2.06. The standard InChI is InChI=1S/C16H11NO2/c18-16(19)12-7-5-11(6-8-12)13-9-10-17-15-4-2-1-3-14(13)15/h1-10H,(H,18,19). The Hall–Kier alpha value is -2.68. The maximum Gasteiger partial charge on any atom is 0.335 e. The van der Waals surface area contributed by atoms with Gasteiger partial charge in [0.05, 0.1) is 11.1 Å². The minimum absolute atomic E-state index is 0.294. The van der Waals surface area contributed by atoms with Crippen molar-refractivity contribution in [3.05, 3.63) is 66.4 Å². The molecule has 0 aliphatic rings. The number of carbonyl (C=O) groups is 1. The molecule has 0 radical (unpaired) electrons. The smallest absolute Gasteiger partial charge is 0.335 e. The number of fused-ring (bicyclic) bond motifs is 1. The summed E-state index contributed by atoms with van der Waals surface area (Å²) in [7, 11) is 0. The Balaban J connectivity index is 2.16. The van der Waals surface area contributed by atoms with Gasteiger partial charge in [0, 0.05) is 11.6 Å². The van der Waals surface area contributed by atoms with Crippen molar-refractivity contribution in [2.45, 2.75) is 0 Å². The first-order valence-electron chi connectivity index (χ1n) is 5.93. The molecule has 0 amide bonds. The van der Waals surface area contributed by atoms with Gasteiger partial charge in [-0.05, 0) is 35.4 Å². The average Bonchev–Trinajstić information content (AvgIpc) is 2.47. The van der Waals surface area contributed by atoms with E-state index in [2.05, 4.69) is 4.98 Å². The van der Waals surface area contributed by atoms with Gasteiger partial charge in [0.15, 0.2) is 0 Å². The topological polar surface area (TPSA) is 50.2 Å². The van der Waals surface area contributed by atoms with E-state index in [4.69, 9.17) is 5.11 Å². The lowest BCUT2D eigenvalue weighted by Crippen LogP contribution is -1.95. The zero-order valence-electron chi connectivity index (χ0n) is 10.1. The third-order valence-electron chi connectivity index (χ3n) is 3.09. The van der Waals surface area contributed by atoms with Crippen LogP contribution in [-0.2, 0) is 0 Å². The van der Waals surface area contributed by atoms with Gasteiger partial charge in [-0.1, -0.05) is 30.3 Å². The molecule has 3 rings (SSSR count). The molecule has 0 atom stereocenters. The molecular formula is C16H11NO2. The number of pyridine rings is 1. The minimum Gasteiger partial charge on any atom is -0.478 e. The molecular weight excluding hydrogens is 238 g/mol. The fourth-order valence-corrected chi connectivity index (χ4v) is 2.14. The van der Waals surface area contributed by atoms with Gasteiger partial charge >= 0.3 is 5.97 Å². The quantitative estimate of drug-likeness (QED) is 0.754. The van der Waals surface area contributed by atoms with Crippen molar-refractivity contribution < 1.29 is 9.90 Å². The molecule has 3 nitrogen and oxygen atoms in total. The highest BCUT2D eigenvalue weighted by molar-refractivity contribution is 5.95. The van der Waals surface area contributed by atoms with Crippen LogP contribution in [0.3, 0.4) is 0 Å². The van der Waals surface area contributed by atoms with Crippen LogP contribution >= 0.6 is 0 Å². The van der Waals surface area contributed by atoms with Crippen molar-refractivity contribution >= 4 is 16.9 Å². The molecule has 0 fully saturated rings. The Bertz CT molecular complexity index is 743. The van der Waals surface area contributed by atoms with Gasteiger partial charge in [0.2, 0.25) is 0 Å². The predicted molar refractivity (Wildman–Crippen MR) is 74.1 cm³/mol. The minimum atomic E-state index is -0.911. The van der Waals surface area contributed by atoms with Crippen LogP contribution in [0.25, 0.3) is 22.0 Å². The maximum atomic E-state index is 10.9. The van der Waals surface area contributed by atoms with Crippen LogP contribution in [-0.4, -0.2) is 16.1 Å². The van der Waals surface area contributed by atoms with Crippen LogP contribution in [0.2, 0.25) is 0 Å². The van der Waals surface area contributed by atoms with E-state index in [0.29, 0.717) is 5.56 Å². The summed E-state index contributed by atoms with van der Waals surface area (Å²) in [6.45, 7) is 0. The van der Waals surface area contributed by atoms with Gasteiger partial charge in [0.1, 0.15) is 0 Å². The molecule has 3 aromatic rings. The number of aromatic nitrogens is 1. The molecule has 0 aliphatic heterocycles. The molecule has 0 unspecified atom stereocenters. The van der Waals surface area contributed by atoms with E-state index in [9.17, 15) is 4.79 Å². The first-order chi connectivity index (χ1) is 9.25. The molecule has 3 heteroatoms. The number of carboxylic acid groups (broad SMARTS) is 1. The molecule has 2 aromatic carbocycles. The maximum absolute atomic E-state index is 10.9. The van der Waals surface area contributed by atoms with E-state index in [0.717, 1.165) is 22.0 Å². The monoisotopic (exact) mass is 249 g/mol. The highest BCUT2D eigenvalue weighted by atomic mass is 16.4. The third-order valence-corrected chi connectivity index (χ3v) is 3.09. The van der Waals surface area contributed by atoms with Crippen molar-refractivity contribution in [3.63, 3.8) is 0 Å². The van der Waals surface area contributed by atoms with Gasteiger partial charge in [-0.25, -0.2) is 4.79 Å². The Labute approximate surface area is 110 Å². The van der Waals surface area contributed by atoms with E-state index in [1.807, 2.05) is 42.5 Å². The van der Waals surface area contributed by atoms with Gasteiger partial charge in [-0.3, -0.25) is 4.98 Å². The first kappa shape index (κ1) is 11.4. The molecule has 0 saturated heterocycles. The zero-order chi connectivity index (χ0) is 13.2. The lowest BCUT2D eigenvalue weighted by molar-refractivity contribution is 0.0697. The molecule has 0 saturated carbocycles. The summed E-state index contributed by atoms with van der Waals surface area (Å²) in [5, 5.41) is 9.97. The van der Waals surface area contributed by atoms with Crippen molar-refractivity contribution in [2.24, 2.45) is 0 Å². The van der Waals surface area contributed by atoms with Crippen LogP contribution in [0.5, 0.6) is 0 Å². The van der Waals surface area contributed by atoms with Crippen molar-refractivity contribution in [3.8, 4) is 11.1 Å². The van der Waals surface area contributed by atoms with E-state index >= 15 is 0 Å². The highest BCUT2D eigenvalue weighted by Gasteiger charge is 2.06. The normalized spacial score (nSPS) is 10.5. The van der Waals surface area contributed by atoms with E-state index in [1.165, 1.54) is 0 Å². The Morgan fingerprint density at radius 2 is 1.68 bits per heavy atom. The fourth-order valence-electron chi connectivity index (χ4n) is 2.14. The number of hydrogen-bond donors (Lipinski definition) is 1. The van der Waals surface area contributed by atoms with Crippen molar-refractivity contribution in [1.82, 2.24) is 4.98 Å². The van der Waals surface area contributed by atoms with Gasteiger partial charge in [-0.15, -0.1) is 0 Å². The second-order valence-corrected chi connectivity index (χ2v) is 4.26. The van der Waals surface area contributed by atoms with E-state index in [1.54, 1.807) is 18.3 Å². The Kier molecular flexibility index (Phi) is 2.72. The lowest BCUT2D eigenvalue weighted by atomic mass is 10.0. The van der Waals surface area contributed by atoms with Crippen LogP contribution < -0.4 is 0 Å². The summed E-state index contributed by atoms with van der Waals surface area (Å²) in [5.74, 6) is -0.911. The largest absolute Gasteiger partial charge is 0.478 e. The van der Waals surface area contributed by atoms with Crippen LogP contribution in [0.1, 0.15) is 10.4 Å². The van der Waals surface area contributed by atoms with Gasteiger partial charge in [0.25, 0.3) is 0 Å². The lowest BCUT2D eigenvalue weighted by Gasteiger charge is -2.06. The zero-order valence-corrected chi connectivity index (χ0v) is 10.1. The number of para-hydroxylation sites is 1. The molecule has 19 heavy (non-hydrogen) atoms. The predicted octanol–water partition coefficient (Wildman–Crippen LogP) is 3.60. The summed E-state index contributed by atoms with van der Waals surface area (Å²) >= 11 is 0. The molecule has 92 valence electrons. The van der Waals surface area contributed by atoms with Crippen molar-refractivity contribution in [1.29, 1.82) is 0 Å². The SMILES string of the molecule is O=C(O)c1ccc(-c2ccnc3ccccc23)cc1. The van der Waals surface area contributed by atoms with Crippen LogP contribution in [0.15, 0.2) is 60.8 Å². The second-order valence-electron chi connectivity index (χ2n) is 4.26. The number of rotatable bonds is 2. The molecule has 0 aliphatic carbocycles. The average molecular weight is 249 g/mol. The van der Waals surface area contributed by atoms with E-state index in [-0.39, 0.29) is 0 Å². The summed E-state index contributed by atoms with van der Waals surface area (Å²) in [6, 6.07) is 16.7.